The average Bonchev–Trinajstić information content (AvgIpc) is 3.38. The van der Waals surface area contributed by atoms with E-state index in [4.69, 9.17) is 4.98 Å². The van der Waals surface area contributed by atoms with Crippen molar-refractivity contribution in [2.75, 3.05) is 9.80 Å². The van der Waals surface area contributed by atoms with Gasteiger partial charge in [-0.25, -0.2) is 0 Å². The van der Waals surface area contributed by atoms with Crippen molar-refractivity contribution < 1.29 is 19.2 Å². The Balaban J connectivity index is 1.36. The number of hydrogen-bond acceptors (Lipinski definition) is 6. The Bertz CT molecular complexity index is 2940. The molecule has 6 aromatic rings. The summed E-state index contributed by atoms with van der Waals surface area (Å²) in [7, 11) is 0. The smallest absolute Gasteiger partial charge is 0.248 e. The van der Waals surface area contributed by atoms with Crippen molar-refractivity contribution in [3.63, 3.8) is 0 Å². The van der Waals surface area contributed by atoms with Crippen molar-refractivity contribution in [1.82, 2.24) is 20.6 Å². The number of pyridine rings is 2. The van der Waals surface area contributed by atoms with Crippen LogP contribution < -0.4 is 20.4 Å². The van der Waals surface area contributed by atoms with Gasteiger partial charge in [-0.05, 0) is 167 Å². The molecule has 4 amide bonds. The fourth-order valence-corrected chi connectivity index (χ4v) is 10.0. The van der Waals surface area contributed by atoms with E-state index in [0.717, 1.165) is 40.8 Å². The van der Waals surface area contributed by atoms with Crippen molar-refractivity contribution in [3.8, 4) is 0 Å². The van der Waals surface area contributed by atoms with Crippen LogP contribution in [0.1, 0.15) is 192 Å². The molecule has 2 heterocycles. The molecule has 0 aliphatic rings. The van der Waals surface area contributed by atoms with Crippen LogP contribution in [0, 0.1) is 11.8 Å². The number of benzene rings is 4. The third-order valence-electron chi connectivity index (χ3n) is 14.2. The van der Waals surface area contributed by atoms with E-state index in [-0.39, 0.29) is 29.0 Å². The van der Waals surface area contributed by atoms with E-state index < -0.39 is 40.4 Å². The Hall–Kier alpha value is -6.94. The standard InChI is InChI=1S/C68H88N6O4/c1-44(2)39-48-20-24-50(25-21-48)46(5)63(77)73(59(52-19-18-38-69-42-52)61(75)71-66(10,11)12)58-36-31-55(32-37-58)68(16,17)41-56-33-28-53(43-70-56)60(62(76)72-67(13,14)15)74(57-34-29-54(30-35-57)65(7,8)9)64(78)47(6)51-26-22-49(23-27-51)40-45(3)4/h18-38,42-47,59-60H,39-41H2,1-17H3,(H,71,75)(H,72,76). The maximum absolute atomic E-state index is 15.2. The Labute approximate surface area is 467 Å². The highest BCUT2D eigenvalue weighted by Crippen LogP contribution is 2.38. The zero-order valence-corrected chi connectivity index (χ0v) is 49.8. The zero-order valence-electron chi connectivity index (χ0n) is 49.8. The third-order valence-corrected chi connectivity index (χ3v) is 14.2. The lowest BCUT2D eigenvalue weighted by molar-refractivity contribution is -0.128. The SMILES string of the molecule is CC(C)Cc1ccc(C(C)C(=O)N(c2ccc(C(C)(C)Cc3ccc(C(C(=O)NC(C)(C)C)N(C(=O)C(C)c4ccc(CC(C)C)cc4)c4ccc(C(C)(C)C)cc4)cn3)cc2)C(C(=O)NC(C)(C)C)c2cccnc2)cc1. The number of carbonyl (C=O) groups is 4. The first-order valence-electron chi connectivity index (χ1n) is 28.0. The first kappa shape index (κ1) is 60.3. The number of anilines is 2. The molecule has 2 N–H and O–H groups in total. The molecule has 0 saturated carbocycles. The number of hydrogen-bond donors (Lipinski definition) is 2. The van der Waals surface area contributed by atoms with Crippen LogP contribution in [-0.2, 0) is 49.3 Å². The van der Waals surface area contributed by atoms with E-state index in [1.54, 1.807) is 34.5 Å². The van der Waals surface area contributed by atoms with Crippen LogP contribution in [0.3, 0.4) is 0 Å². The molecule has 414 valence electrons. The highest BCUT2D eigenvalue weighted by atomic mass is 16.2. The first-order chi connectivity index (χ1) is 36.4. The molecular weight excluding hydrogens is 965 g/mol. The molecule has 0 aliphatic heterocycles. The third kappa shape index (κ3) is 15.9. The fraction of sp³-hybridized carbons (Fsp3) is 0.441. The summed E-state index contributed by atoms with van der Waals surface area (Å²) in [5, 5.41) is 6.35. The van der Waals surface area contributed by atoms with Crippen LogP contribution in [0.2, 0.25) is 0 Å². The van der Waals surface area contributed by atoms with Crippen LogP contribution >= 0.6 is 0 Å². The predicted octanol–water partition coefficient (Wildman–Crippen LogP) is 14.3. The second kappa shape index (κ2) is 24.8. The van der Waals surface area contributed by atoms with E-state index in [1.807, 2.05) is 146 Å². The minimum atomic E-state index is -1.04. The molecule has 0 bridgehead atoms. The summed E-state index contributed by atoms with van der Waals surface area (Å²) in [5.41, 5.74) is 7.70. The van der Waals surface area contributed by atoms with Gasteiger partial charge in [-0.3, -0.25) is 38.9 Å². The largest absolute Gasteiger partial charge is 0.349 e. The maximum atomic E-state index is 15.2. The summed E-state index contributed by atoms with van der Waals surface area (Å²) in [5.74, 6) is -1.18. The van der Waals surface area contributed by atoms with E-state index in [2.05, 4.69) is 102 Å². The normalized spacial score (nSPS) is 13.8. The second-order valence-electron chi connectivity index (χ2n) is 26.1. The molecule has 6 rings (SSSR count). The molecule has 0 radical (unpaired) electrons. The van der Waals surface area contributed by atoms with Gasteiger partial charge in [0.25, 0.3) is 0 Å². The predicted molar refractivity (Wildman–Crippen MR) is 320 cm³/mol. The van der Waals surface area contributed by atoms with Gasteiger partial charge in [0.1, 0.15) is 12.1 Å². The van der Waals surface area contributed by atoms with Gasteiger partial charge in [0.2, 0.25) is 23.6 Å². The summed E-state index contributed by atoms with van der Waals surface area (Å²) in [6.45, 7) is 35.0. The lowest BCUT2D eigenvalue weighted by Gasteiger charge is -2.36. The molecule has 10 nitrogen and oxygen atoms in total. The Kier molecular flexibility index (Phi) is 19.2. The van der Waals surface area contributed by atoms with Gasteiger partial charge in [-0.1, -0.05) is 147 Å². The van der Waals surface area contributed by atoms with E-state index in [1.165, 1.54) is 11.1 Å². The topological polar surface area (TPSA) is 125 Å². The fourth-order valence-electron chi connectivity index (χ4n) is 10.0. The molecule has 4 unspecified atom stereocenters. The van der Waals surface area contributed by atoms with Gasteiger partial charge in [0, 0.05) is 57.9 Å². The van der Waals surface area contributed by atoms with Gasteiger partial charge in [-0.2, -0.15) is 0 Å². The molecule has 0 aliphatic carbocycles. The molecule has 0 saturated heterocycles. The van der Waals surface area contributed by atoms with Gasteiger partial charge >= 0.3 is 0 Å². The van der Waals surface area contributed by atoms with E-state index in [9.17, 15) is 9.59 Å². The number of nitrogens with one attached hydrogen (secondary N) is 2. The van der Waals surface area contributed by atoms with Gasteiger partial charge in [-0.15, -0.1) is 0 Å². The van der Waals surface area contributed by atoms with Crippen molar-refractivity contribution >= 4 is 35.0 Å². The number of amides is 4. The quantitative estimate of drug-likeness (QED) is 0.0832. The zero-order chi connectivity index (χ0) is 57.5. The molecular formula is C68H88N6O4. The minimum absolute atomic E-state index is 0.122. The lowest BCUT2D eigenvalue weighted by atomic mass is 9.80. The Morgan fingerprint density at radius 2 is 0.872 bits per heavy atom. The Morgan fingerprint density at radius 3 is 1.22 bits per heavy atom. The van der Waals surface area contributed by atoms with Crippen LogP contribution in [0.15, 0.2) is 140 Å². The maximum Gasteiger partial charge on any atom is 0.248 e. The monoisotopic (exact) mass is 1050 g/mol. The molecule has 4 aromatic carbocycles. The van der Waals surface area contributed by atoms with Crippen molar-refractivity contribution in [2.45, 2.75) is 183 Å². The molecule has 0 fully saturated rings. The van der Waals surface area contributed by atoms with Crippen LogP contribution in [0.5, 0.6) is 0 Å². The van der Waals surface area contributed by atoms with Crippen LogP contribution in [0.25, 0.3) is 0 Å². The number of rotatable bonds is 19. The van der Waals surface area contributed by atoms with Gasteiger partial charge < -0.3 is 10.6 Å². The van der Waals surface area contributed by atoms with E-state index >= 15 is 9.59 Å². The number of aromatic nitrogens is 2. The number of nitrogens with zero attached hydrogens (tertiary/aromatic N) is 4. The summed E-state index contributed by atoms with van der Waals surface area (Å²) >= 11 is 0. The van der Waals surface area contributed by atoms with Crippen molar-refractivity contribution in [3.05, 3.63) is 190 Å². The highest BCUT2D eigenvalue weighted by molar-refractivity contribution is 6.05. The number of carbonyl (C=O) groups excluding carboxylic acids is 4. The first-order valence-corrected chi connectivity index (χ1v) is 28.0. The van der Waals surface area contributed by atoms with Gasteiger partial charge in [0.15, 0.2) is 0 Å². The summed E-state index contributed by atoms with van der Waals surface area (Å²) in [4.78, 5) is 72.4. The second-order valence-corrected chi connectivity index (χ2v) is 26.1. The summed E-state index contributed by atoms with van der Waals surface area (Å²) in [6.07, 6.45) is 7.47. The lowest BCUT2D eigenvalue weighted by Crippen LogP contribution is -2.50. The van der Waals surface area contributed by atoms with Crippen molar-refractivity contribution in [1.29, 1.82) is 0 Å². The molecule has 10 heteroatoms. The molecule has 0 spiro atoms. The summed E-state index contributed by atoms with van der Waals surface area (Å²) < 4.78 is 0. The minimum Gasteiger partial charge on any atom is -0.349 e. The summed E-state index contributed by atoms with van der Waals surface area (Å²) in [6, 6.07) is 37.8. The Morgan fingerprint density at radius 1 is 0.474 bits per heavy atom. The van der Waals surface area contributed by atoms with Crippen molar-refractivity contribution in [2.24, 2.45) is 11.8 Å². The molecule has 4 atom stereocenters. The molecule has 78 heavy (non-hydrogen) atoms. The highest BCUT2D eigenvalue weighted by Gasteiger charge is 2.39. The van der Waals surface area contributed by atoms with E-state index in [0.29, 0.717) is 40.8 Å². The van der Waals surface area contributed by atoms with Gasteiger partial charge in [0.05, 0.1) is 11.8 Å². The van der Waals surface area contributed by atoms with Crippen LogP contribution in [-0.4, -0.2) is 44.7 Å². The van der Waals surface area contributed by atoms with Crippen LogP contribution in [0.4, 0.5) is 11.4 Å². The molecule has 2 aromatic heterocycles. The average molecular weight is 1050 g/mol.